The summed E-state index contributed by atoms with van der Waals surface area (Å²) in [7, 11) is 3.04. The van der Waals surface area contributed by atoms with Gasteiger partial charge in [-0.3, -0.25) is 4.79 Å². The zero-order chi connectivity index (χ0) is 15.0. The molecule has 1 unspecified atom stereocenters. The van der Waals surface area contributed by atoms with Crippen LogP contribution < -0.4 is 11.1 Å². The molecule has 8 heteroatoms. The zero-order valence-corrected chi connectivity index (χ0v) is 11.4. The van der Waals surface area contributed by atoms with Crippen LogP contribution in [0.3, 0.4) is 0 Å². The van der Waals surface area contributed by atoms with E-state index in [0.29, 0.717) is 6.61 Å². The second-order valence-corrected chi connectivity index (χ2v) is 4.26. The topological polar surface area (TPSA) is 122 Å². The molecule has 0 aromatic carbocycles. The van der Waals surface area contributed by atoms with Crippen LogP contribution >= 0.6 is 0 Å². The monoisotopic (exact) mass is 275 g/mol. The minimum absolute atomic E-state index is 0.0388. The van der Waals surface area contributed by atoms with E-state index in [1.165, 1.54) is 19.1 Å². The van der Waals surface area contributed by atoms with E-state index in [2.05, 4.69) is 5.32 Å². The van der Waals surface area contributed by atoms with Gasteiger partial charge in [-0.2, -0.15) is 0 Å². The Hall–Kier alpha value is -1.83. The summed E-state index contributed by atoms with van der Waals surface area (Å²) in [5, 5.41) is 11.3. The number of rotatable bonds is 8. The molecule has 2 atom stereocenters. The fraction of sp³-hybridized carbons (Fsp3) is 0.727. The highest BCUT2D eigenvalue weighted by molar-refractivity contribution is 5.83. The first-order valence-corrected chi connectivity index (χ1v) is 5.83. The van der Waals surface area contributed by atoms with Gasteiger partial charge in [0.1, 0.15) is 6.04 Å². The van der Waals surface area contributed by atoms with Gasteiger partial charge in [0, 0.05) is 20.6 Å². The van der Waals surface area contributed by atoms with Crippen LogP contribution in [0.2, 0.25) is 0 Å². The highest BCUT2D eigenvalue weighted by Crippen LogP contribution is 2.01. The molecule has 4 N–H and O–H groups in total. The standard InChI is InChI=1S/C11H21N3O5/c1-7(6-19-3)14(2)11(18)13-8(10(16)17)4-5-9(12)15/h7-8H,4-6H2,1-3H3,(H2,12,15)(H,13,18)(H,16,17)/t7?,8-/m1/s1. The molecule has 0 saturated carbocycles. The van der Waals surface area contributed by atoms with E-state index in [-0.39, 0.29) is 18.9 Å². The predicted octanol–water partition coefficient (Wildman–Crippen LogP) is -0.619. The average Bonchev–Trinajstić information content (AvgIpc) is 2.32. The van der Waals surface area contributed by atoms with Crippen molar-refractivity contribution in [3.8, 4) is 0 Å². The number of ether oxygens (including phenoxy) is 1. The molecule has 19 heavy (non-hydrogen) atoms. The molecule has 0 aromatic rings. The SMILES string of the molecule is COCC(C)N(C)C(=O)N[C@H](CCC(N)=O)C(=O)O. The van der Waals surface area contributed by atoms with Gasteiger partial charge >= 0.3 is 12.0 Å². The van der Waals surface area contributed by atoms with Crippen molar-refractivity contribution in [2.24, 2.45) is 5.73 Å². The fourth-order valence-electron chi connectivity index (χ4n) is 1.35. The van der Waals surface area contributed by atoms with Crippen molar-refractivity contribution in [3.63, 3.8) is 0 Å². The van der Waals surface area contributed by atoms with E-state index in [4.69, 9.17) is 15.6 Å². The van der Waals surface area contributed by atoms with Crippen molar-refractivity contribution in [3.05, 3.63) is 0 Å². The number of amides is 3. The van der Waals surface area contributed by atoms with Gasteiger partial charge < -0.3 is 25.8 Å². The molecule has 0 aromatic heterocycles. The summed E-state index contributed by atoms with van der Waals surface area (Å²) in [6.07, 6.45) is -0.141. The third-order valence-corrected chi connectivity index (χ3v) is 2.66. The molecular weight excluding hydrogens is 254 g/mol. The lowest BCUT2D eigenvalue weighted by molar-refractivity contribution is -0.139. The lowest BCUT2D eigenvalue weighted by Crippen LogP contribution is -2.50. The Labute approximate surface area is 111 Å². The first kappa shape index (κ1) is 17.2. The number of carboxylic acids is 1. The molecule has 0 radical (unpaired) electrons. The molecule has 0 aliphatic heterocycles. The summed E-state index contributed by atoms with van der Waals surface area (Å²) in [5.74, 6) is -1.82. The number of likely N-dealkylation sites (N-methyl/N-ethyl adjacent to an activating group) is 1. The number of carboxylic acid groups (broad SMARTS) is 1. The van der Waals surface area contributed by atoms with Crippen LogP contribution in [0.4, 0.5) is 4.79 Å². The number of nitrogens with zero attached hydrogens (tertiary/aromatic N) is 1. The maximum Gasteiger partial charge on any atom is 0.326 e. The summed E-state index contributed by atoms with van der Waals surface area (Å²) in [6, 6.07) is -1.88. The Morgan fingerprint density at radius 1 is 1.42 bits per heavy atom. The van der Waals surface area contributed by atoms with Gasteiger partial charge in [0.25, 0.3) is 0 Å². The summed E-state index contributed by atoms with van der Waals surface area (Å²) in [6.45, 7) is 2.10. The minimum Gasteiger partial charge on any atom is -0.480 e. The lowest BCUT2D eigenvalue weighted by atomic mass is 10.1. The number of carbonyl (C=O) groups is 3. The van der Waals surface area contributed by atoms with Crippen molar-refractivity contribution in [2.45, 2.75) is 31.8 Å². The number of hydrogen-bond acceptors (Lipinski definition) is 4. The van der Waals surface area contributed by atoms with Crippen LogP contribution in [-0.4, -0.2) is 60.8 Å². The molecule has 110 valence electrons. The molecule has 0 heterocycles. The largest absolute Gasteiger partial charge is 0.480 e. The number of hydrogen-bond donors (Lipinski definition) is 3. The van der Waals surface area contributed by atoms with Gasteiger partial charge in [0.15, 0.2) is 0 Å². The number of nitrogens with two attached hydrogens (primary N) is 1. The molecule has 0 saturated heterocycles. The summed E-state index contributed by atoms with van der Waals surface area (Å²) in [5.41, 5.74) is 4.95. The van der Waals surface area contributed by atoms with Crippen LogP contribution in [0, 0.1) is 0 Å². The molecule has 3 amide bonds. The minimum atomic E-state index is -1.21. The van der Waals surface area contributed by atoms with E-state index in [1.807, 2.05) is 0 Å². The molecule has 0 aliphatic rings. The van der Waals surface area contributed by atoms with Crippen molar-refractivity contribution in [1.82, 2.24) is 10.2 Å². The van der Waals surface area contributed by atoms with Crippen molar-refractivity contribution < 1.29 is 24.2 Å². The van der Waals surface area contributed by atoms with Crippen LogP contribution in [0.1, 0.15) is 19.8 Å². The highest BCUT2D eigenvalue weighted by Gasteiger charge is 2.24. The van der Waals surface area contributed by atoms with Gasteiger partial charge in [-0.05, 0) is 13.3 Å². The zero-order valence-electron chi connectivity index (χ0n) is 11.4. The smallest absolute Gasteiger partial charge is 0.326 e. The molecular formula is C11H21N3O5. The van der Waals surface area contributed by atoms with E-state index in [0.717, 1.165) is 0 Å². The van der Waals surface area contributed by atoms with Crippen molar-refractivity contribution in [2.75, 3.05) is 20.8 Å². The fourth-order valence-corrected chi connectivity index (χ4v) is 1.35. The number of carbonyl (C=O) groups excluding carboxylic acids is 2. The second kappa shape index (κ2) is 8.30. The molecule has 0 rings (SSSR count). The molecule has 8 nitrogen and oxygen atoms in total. The average molecular weight is 275 g/mol. The van der Waals surface area contributed by atoms with Gasteiger partial charge in [-0.15, -0.1) is 0 Å². The number of primary amides is 1. The highest BCUT2D eigenvalue weighted by atomic mass is 16.5. The Morgan fingerprint density at radius 2 is 2.00 bits per heavy atom. The lowest BCUT2D eigenvalue weighted by Gasteiger charge is -2.26. The van der Waals surface area contributed by atoms with Crippen molar-refractivity contribution in [1.29, 1.82) is 0 Å². The second-order valence-electron chi connectivity index (χ2n) is 4.26. The van der Waals surface area contributed by atoms with E-state index >= 15 is 0 Å². The summed E-state index contributed by atoms with van der Waals surface area (Å²) in [4.78, 5) is 34.7. The van der Waals surface area contributed by atoms with Crippen LogP contribution in [-0.2, 0) is 14.3 Å². The number of urea groups is 1. The molecule has 0 spiro atoms. The normalized spacial score (nSPS) is 13.4. The molecule has 0 fully saturated rings. The van der Waals surface area contributed by atoms with Crippen LogP contribution in [0.5, 0.6) is 0 Å². The van der Waals surface area contributed by atoms with E-state index in [9.17, 15) is 14.4 Å². The Bertz CT molecular complexity index is 334. The molecule has 0 bridgehead atoms. The quantitative estimate of drug-likeness (QED) is 0.545. The summed E-state index contributed by atoms with van der Waals surface area (Å²) >= 11 is 0. The Morgan fingerprint density at radius 3 is 2.42 bits per heavy atom. The van der Waals surface area contributed by atoms with Gasteiger partial charge in [-0.1, -0.05) is 0 Å². The van der Waals surface area contributed by atoms with E-state index < -0.39 is 23.9 Å². The number of nitrogens with one attached hydrogen (secondary N) is 1. The third kappa shape index (κ3) is 6.61. The van der Waals surface area contributed by atoms with Crippen LogP contribution in [0.25, 0.3) is 0 Å². The maximum atomic E-state index is 11.8. The Kier molecular flexibility index (Phi) is 7.50. The van der Waals surface area contributed by atoms with Gasteiger partial charge in [-0.25, -0.2) is 9.59 Å². The predicted molar refractivity (Wildman–Crippen MR) is 67.5 cm³/mol. The molecule has 0 aliphatic carbocycles. The Balaban J connectivity index is 4.45. The van der Waals surface area contributed by atoms with Crippen molar-refractivity contribution >= 4 is 17.9 Å². The van der Waals surface area contributed by atoms with Crippen LogP contribution in [0.15, 0.2) is 0 Å². The maximum absolute atomic E-state index is 11.8. The number of aliphatic carboxylic acids is 1. The third-order valence-electron chi connectivity index (χ3n) is 2.66. The summed E-state index contributed by atoms with van der Waals surface area (Å²) < 4.78 is 4.91. The first-order chi connectivity index (χ1) is 8.79. The number of methoxy groups -OCH3 is 1. The van der Waals surface area contributed by atoms with Gasteiger partial charge in [0.05, 0.1) is 12.6 Å². The first-order valence-electron chi connectivity index (χ1n) is 5.83. The van der Waals surface area contributed by atoms with Gasteiger partial charge in [0.2, 0.25) is 5.91 Å². The van der Waals surface area contributed by atoms with E-state index in [1.54, 1.807) is 6.92 Å².